The number of rotatable bonds is 1. The van der Waals surface area contributed by atoms with Crippen LogP contribution in [0.3, 0.4) is 0 Å². The monoisotopic (exact) mass is 164 g/mol. The lowest BCUT2D eigenvalue weighted by atomic mass is 10.2. The van der Waals surface area contributed by atoms with Crippen LogP contribution < -0.4 is 0 Å². The molecule has 0 aliphatic heterocycles. The Morgan fingerprint density at radius 1 is 1.33 bits per heavy atom. The van der Waals surface area contributed by atoms with Crippen molar-refractivity contribution in [3.63, 3.8) is 0 Å². The second-order valence-electron chi connectivity index (χ2n) is 1.77. The van der Waals surface area contributed by atoms with E-state index in [0.29, 0.717) is 11.8 Å². The fraction of sp³-hybridized carbons (Fsp3) is 0. The Kier molecular flexibility index (Phi) is 4.80. The van der Waals surface area contributed by atoms with Gasteiger partial charge in [-0.3, -0.25) is 9.71 Å². The summed E-state index contributed by atoms with van der Waals surface area (Å²) in [6, 6.07) is 6.40. The molecular formula is C7H6N3O2-. The van der Waals surface area contributed by atoms with Crippen LogP contribution in [0, 0.1) is 0 Å². The van der Waals surface area contributed by atoms with E-state index in [2.05, 4.69) is 0 Å². The summed E-state index contributed by atoms with van der Waals surface area (Å²) in [5.74, 6) is 0.0347. The molecule has 1 aromatic carbocycles. The summed E-state index contributed by atoms with van der Waals surface area (Å²) in [5.41, 5.74) is 13.8. The molecule has 62 valence electrons. The summed E-state index contributed by atoms with van der Waals surface area (Å²) in [6.07, 6.45) is 0.620. The quantitative estimate of drug-likeness (QED) is 0.297. The lowest BCUT2D eigenvalue weighted by Crippen LogP contribution is -1.77. The SMILES string of the molecule is O=Cc1ccccc1O.[N-]=[N+]=[N-]. The average Bonchev–Trinajstić information content (AvgIpc) is 2.07. The van der Waals surface area contributed by atoms with Gasteiger partial charge >= 0.3 is 0 Å². The highest BCUT2D eigenvalue weighted by Crippen LogP contribution is 2.11. The maximum atomic E-state index is 10.1. The third-order valence-electron chi connectivity index (χ3n) is 1.06. The smallest absolute Gasteiger partial charge is 0.153 e. The summed E-state index contributed by atoms with van der Waals surface area (Å²) in [7, 11) is 0. The van der Waals surface area contributed by atoms with E-state index in [1.807, 2.05) is 0 Å². The maximum Gasteiger partial charge on any atom is 0.153 e. The number of phenolic OH excluding ortho intramolecular Hbond substituents is 1. The van der Waals surface area contributed by atoms with Crippen LogP contribution in [-0.4, -0.2) is 11.4 Å². The molecule has 5 heteroatoms. The number of aromatic hydroxyl groups is 1. The van der Waals surface area contributed by atoms with Gasteiger partial charge in [0.2, 0.25) is 0 Å². The highest BCUT2D eigenvalue weighted by atomic mass is 16.3. The van der Waals surface area contributed by atoms with Crippen LogP contribution in [0.2, 0.25) is 0 Å². The summed E-state index contributed by atoms with van der Waals surface area (Å²) in [5, 5.41) is 8.88. The molecule has 12 heavy (non-hydrogen) atoms. The van der Waals surface area contributed by atoms with Gasteiger partial charge in [0.05, 0.1) is 5.56 Å². The van der Waals surface area contributed by atoms with Crippen molar-refractivity contribution in [2.24, 2.45) is 0 Å². The van der Waals surface area contributed by atoms with Crippen molar-refractivity contribution >= 4 is 6.29 Å². The molecule has 0 amide bonds. The third kappa shape index (κ3) is 3.24. The van der Waals surface area contributed by atoms with Crippen LogP contribution >= 0.6 is 0 Å². The summed E-state index contributed by atoms with van der Waals surface area (Å²) >= 11 is 0. The van der Waals surface area contributed by atoms with Gasteiger partial charge in [-0.15, -0.1) is 0 Å². The van der Waals surface area contributed by atoms with Crippen LogP contribution in [-0.2, 0) is 0 Å². The number of carbonyl (C=O) groups is 1. The molecule has 0 unspecified atom stereocenters. The molecule has 1 aromatic rings. The molecule has 0 aliphatic rings. The lowest BCUT2D eigenvalue weighted by Gasteiger charge is -1.91. The first-order chi connectivity index (χ1) is 5.76. The van der Waals surface area contributed by atoms with Crippen molar-refractivity contribution in [3.8, 4) is 5.75 Å². The van der Waals surface area contributed by atoms with Crippen molar-refractivity contribution in [2.45, 2.75) is 0 Å². The molecule has 0 aliphatic carbocycles. The van der Waals surface area contributed by atoms with Gasteiger partial charge in [0.15, 0.2) is 6.29 Å². The Bertz CT molecular complexity index is 292. The molecule has 1 N–H and O–H groups in total. The Balaban J connectivity index is 0.000000354. The van der Waals surface area contributed by atoms with E-state index in [1.54, 1.807) is 18.2 Å². The van der Waals surface area contributed by atoms with E-state index in [-0.39, 0.29) is 5.75 Å². The molecule has 0 saturated carbocycles. The van der Waals surface area contributed by atoms with Crippen molar-refractivity contribution in [3.05, 3.63) is 45.8 Å². The highest BCUT2D eigenvalue weighted by molar-refractivity contribution is 5.78. The van der Waals surface area contributed by atoms with E-state index in [4.69, 9.17) is 16.2 Å². The number of hydrogen-bond donors (Lipinski definition) is 1. The van der Waals surface area contributed by atoms with Gasteiger partial charge < -0.3 is 16.2 Å². The number of hydrogen-bond acceptors (Lipinski definition) is 2. The number of phenols is 1. The van der Waals surface area contributed by atoms with E-state index in [1.165, 1.54) is 11.0 Å². The third-order valence-corrected chi connectivity index (χ3v) is 1.06. The summed E-state index contributed by atoms with van der Waals surface area (Å²) in [6.45, 7) is 0. The number of aldehydes is 1. The van der Waals surface area contributed by atoms with Gasteiger partial charge in [0.25, 0.3) is 0 Å². The fourth-order valence-electron chi connectivity index (χ4n) is 0.587. The number of carbonyl (C=O) groups excluding carboxylic acids is 1. The van der Waals surface area contributed by atoms with Crippen molar-refractivity contribution in [2.75, 3.05) is 0 Å². The Labute approximate surface area is 68.7 Å². The first-order valence-corrected chi connectivity index (χ1v) is 2.98. The molecule has 1 rings (SSSR count). The maximum absolute atomic E-state index is 10.1. The predicted octanol–water partition coefficient (Wildman–Crippen LogP) is 2.07. The second kappa shape index (κ2) is 5.76. The minimum absolute atomic E-state index is 0.0347. The topological polar surface area (TPSA) is 96.0 Å². The van der Waals surface area contributed by atoms with Crippen molar-refractivity contribution in [1.29, 1.82) is 0 Å². The van der Waals surface area contributed by atoms with Crippen molar-refractivity contribution < 1.29 is 9.90 Å². The van der Waals surface area contributed by atoms with Gasteiger partial charge in [-0.2, -0.15) is 0 Å². The molecule has 0 fully saturated rings. The summed E-state index contributed by atoms with van der Waals surface area (Å²) in [4.78, 5) is 11.6. The molecule has 0 saturated heterocycles. The van der Waals surface area contributed by atoms with Gasteiger partial charge in [-0.25, -0.2) is 0 Å². The lowest BCUT2D eigenvalue weighted by molar-refractivity contribution is 0.112. The Hall–Kier alpha value is -2.00. The molecule has 0 heterocycles. The van der Waals surface area contributed by atoms with Crippen molar-refractivity contribution in [1.82, 2.24) is 0 Å². The van der Waals surface area contributed by atoms with E-state index in [0.717, 1.165) is 0 Å². The molecule has 0 radical (unpaired) electrons. The van der Waals surface area contributed by atoms with E-state index >= 15 is 0 Å². The van der Waals surface area contributed by atoms with E-state index < -0.39 is 0 Å². The minimum atomic E-state index is 0.0347. The highest BCUT2D eigenvalue weighted by Gasteiger charge is 1.93. The first kappa shape index (κ1) is 10.0. The van der Waals surface area contributed by atoms with E-state index in [9.17, 15) is 4.79 Å². The molecule has 0 atom stereocenters. The Morgan fingerprint density at radius 2 is 1.83 bits per heavy atom. The molecule has 0 spiro atoms. The van der Waals surface area contributed by atoms with Crippen LogP contribution in [0.4, 0.5) is 0 Å². The zero-order valence-electron chi connectivity index (χ0n) is 6.08. The normalized spacial score (nSPS) is 7.33. The minimum Gasteiger partial charge on any atom is -0.507 e. The molecular weight excluding hydrogens is 158 g/mol. The molecule has 0 bridgehead atoms. The Morgan fingerprint density at radius 3 is 2.17 bits per heavy atom. The van der Waals surface area contributed by atoms with Crippen LogP contribution in [0.5, 0.6) is 5.75 Å². The first-order valence-electron chi connectivity index (χ1n) is 2.98. The predicted molar refractivity (Wildman–Crippen MR) is 43.6 cm³/mol. The zero-order chi connectivity index (χ0) is 9.40. The fourth-order valence-corrected chi connectivity index (χ4v) is 0.587. The van der Waals surface area contributed by atoms with Gasteiger partial charge in [-0.1, -0.05) is 12.1 Å². The molecule has 0 aromatic heterocycles. The van der Waals surface area contributed by atoms with Crippen LogP contribution in [0.15, 0.2) is 24.3 Å². The van der Waals surface area contributed by atoms with Crippen LogP contribution in [0.1, 0.15) is 10.4 Å². The second-order valence-corrected chi connectivity index (χ2v) is 1.77. The number of nitrogens with zero attached hydrogens (tertiary/aromatic N) is 3. The summed E-state index contributed by atoms with van der Waals surface area (Å²) < 4.78 is 0. The van der Waals surface area contributed by atoms with Gasteiger partial charge in [0.1, 0.15) is 5.75 Å². The number of benzene rings is 1. The van der Waals surface area contributed by atoms with Crippen LogP contribution in [0.25, 0.3) is 16.0 Å². The van der Waals surface area contributed by atoms with Gasteiger partial charge in [-0.05, 0) is 12.1 Å². The standard InChI is InChI=1S/C7H6O2.N3/c8-5-6-3-1-2-4-7(6)9;1-3-2/h1-5,9H;/q;-1. The largest absolute Gasteiger partial charge is 0.507 e. The number of para-hydroxylation sites is 1. The molecule has 5 nitrogen and oxygen atoms in total. The average molecular weight is 164 g/mol. The van der Waals surface area contributed by atoms with Gasteiger partial charge in [0, 0.05) is 0 Å². The zero-order valence-corrected chi connectivity index (χ0v) is 6.08.